The number of thiazole rings is 1. The second-order valence-corrected chi connectivity index (χ2v) is 5.75. The summed E-state index contributed by atoms with van der Waals surface area (Å²) in [7, 11) is 0. The molecule has 0 aliphatic carbocycles. The Morgan fingerprint density at radius 1 is 1.29 bits per heavy atom. The van der Waals surface area contributed by atoms with Gasteiger partial charge in [0.05, 0.1) is 5.69 Å². The number of halogens is 1. The summed E-state index contributed by atoms with van der Waals surface area (Å²) in [5.74, 6) is 0.591. The van der Waals surface area contributed by atoms with Crippen molar-refractivity contribution >= 4 is 22.9 Å². The third kappa shape index (κ3) is 2.70. The Morgan fingerprint density at radius 2 is 1.94 bits per heavy atom. The van der Waals surface area contributed by atoms with Gasteiger partial charge in [0.15, 0.2) is 0 Å². The van der Waals surface area contributed by atoms with E-state index in [1.807, 2.05) is 24.3 Å². The van der Waals surface area contributed by atoms with Crippen molar-refractivity contribution in [3.05, 3.63) is 39.9 Å². The summed E-state index contributed by atoms with van der Waals surface area (Å²) in [6.45, 7) is 6.56. The average molecular weight is 266 g/mol. The lowest BCUT2D eigenvalue weighted by Gasteiger charge is -2.04. The lowest BCUT2D eigenvalue weighted by Crippen LogP contribution is -1.89. The van der Waals surface area contributed by atoms with Gasteiger partial charge in [-0.2, -0.15) is 0 Å². The maximum absolute atomic E-state index is 5.89. The molecule has 2 rings (SSSR count). The van der Waals surface area contributed by atoms with Gasteiger partial charge in [0.25, 0.3) is 0 Å². The minimum Gasteiger partial charge on any atom is -0.241 e. The molecule has 0 aliphatic heterocycles. The van der Waals surface area contributed by atoms with Crippen LogP contribution in [0.2, 0.25) is 5.02 Å². The van der Waals surface area contributed by atoms with E-state index < -0.39 is 0 Å². The maximum atomic E-state index is 5.89. The summed E-state index contributed by atoms with van der Waals surface area (Å²) in [5, 5.41) is 1.86. The molecule has 2 aromatic rings. The van der Waals surface area contributed by atoms with Gasteiger partial charge in [-0.25, -0.2) is 4.98 Å². The number of rotatable bonds is 3. The molecule has 1 heterocycles. The highest BCUT2D eigenvalue weighted by molar-refractivity contribution is 7.15. The van der Waals surface area contributed by atoms with Crippen LogP contribution in [0.5, 0.6) is 0 Å². The van der Waals surface area contributed by atoms with Crippen LogP contribution in [-0.2, 0) is 0 Å². The zero-order chi connectivity index (χ0) is 12.4. The van der Waals surface area contributed by atoms with Crippen LogP contribution < -0.4 is 0 Å². The summed E-state index contributed by atoms with van der Waals surface area (Å²) in [4.78, 5) is 6.06. The second kappa shape index (κ2) is 5.19. The molecule has 1 aromatic heterocycles. The van der Waals surface area contributed by atoms with Gasteiger partial charge in [-0.3, -0.25) is 0 Å². The van der Waals surface area contributed by atoms with Crippen molar-refractivity contribution in [1.29, 1.82) is 0 Å². The normalized spacial score (nSPS) is 12.7. The molecule has 0 amide bonds. The van der Waals surface area contributed by atoms with Crippen molar-refractivity contribution in [3.63, 3.8) is 0 Å². The molecule has 0 bridgehead atoms. The van der Waals surface area contributed by atoms with Crippen LogP contribution in [0.25, 0.3) is 10.6 Å². The third-order valence-corrected chi connectivity index (χ3v) is 4.67. The fourth-order valence-corrected chi connectivity index (χ4v) is 3.10. The lowest BCUT2D eigenvalue weighted by molar-refractivity contribution is 0.740. The van der Waals surface area contributed by atoms with E-state index in [1.165, 1.54) is 4.88 Å². The Balaban J connectivity index is 2.37. The van der Waals surface area contributed by atoms with Gasteiger partial charge < -0.3 is 0 Å². The molecule has 1 atom stereocenters. The molecule has 1 unspecified atom stereocenters. The van der Waals surface area contributed by atoms with Crippen molar-refractivity contribution < 1.29 is 0 Å². The lowest BCUT2D eigenvalue weighted by atomic mass is 10.1. The zero-order valence-corrected chi connectivity index (χ0v) is 11.9. The number of aryl methyl sites for hydroxylation is 1. The molecule has 1 aromatic carbocycles. The molecule has 3 heteroatoms. The molecule has 0 N–H and O–H groups in total. The quantitative estimate of drug-likeness (QED) is 0.735. The van der Waals surface area contributed by atoms with Crippen LogP contribution >= 0.6 is 22.9 Å². The first-order valence-corrected chi connectivity index (χ1v) is 7.04. The molecule has 0 aliphatic rings. The second-order valence-electron chi connectivity index (χ2n) is 4.28. The highest BCUT2D eigenvalue weighted by Gasteiger charge is 2.13. The zero-order valence-electron chi connectivity index (χ0n) is 10.3. The highest BCUT2D eigenvalue weighted by atomic mass is 35.5. The summed E-state index contributed by atoms with van der Waals surface area (Å²) in [5.41, 5.74) is 2.31. The molecule has 0 spiro atoms. The van der Waals surface area contributed by atoms with Crippen LogP contribution in [0.15, 0.2) is 24.3 Å². The Labute approximate surface area is 111 Å². The largest absolute Gasteiger partial charge is 0.241 e. The number of benzene rings is 1. The van der Waals surface area contributed by atoms with Crippen molar-refractivity contribution in [1.82, 2.24) is 4.98 Å². The van der Waals surface area contributed by atoms with Gasteiger partial charge in [-0.05, 0) is 31.4 Å². The number of hydrogen-bond acceptors (Lipinski definition) is 2. The fraction of sp³-hybridized carbons (Fsp3) is 0.357. The summed E-state index contributed by atoms with van der Waals surface area (Å²) in [6.07, 6.45) is 1.16. The highest BCUT2D eigenvalue weighted by Crippen LogP contribution is 2.34. The minimum atomic E-state index is 0.591. The van der Waals surface area contributed by atoms with Gasteiger partial charge in [0, 0.05) is 15.5 Å². The van der Waals surface area contributed by atoms with Crippen molar-refractivity contribution in [2.45, 2.75) is 33.1 Å². The van der Waals surface area contributed by atoms with E-state index in [0.717, 1.165) is 27.7 Å². The maximum Gasteiger partial charge on any atom is 0.123 e. The standard InChI is InChI=1S/C14H16ClNS/c1-4-9(2)13-10(3)16-14(17-13)11-5-7-12(15)8-6-11/h5-9H,4H2,1-3H3. The number of hydrogen-bond donors (Lipinski definition) is 0. The van der Waals surface area contributed by atoms with Crippen LogP contribution in [0, 0.1) is 6.92 Å². The summed E-state index contributed by atoms with van der Waals surface area (Å²) >= 11 is 7.69. The molecule has 90 valence electrons. The van der Waals surface area contributed by atoms with E-state index in [9.17, 15) is 0 Å². The van der Waals surface area contributed by atoms with Crippen LogP contribution in [-0.4, -0.2) is 4.98 Å². The van der Waals surface area contributed by atoms with Gasteiger partial charge >= 0.3 is 0 Å². The van der Waals surface area contributed by atoms with Crippen molar-refractivity contribution in [2.24, 2.45) is 0 Å². The Hall–Kier alpha value is -0.860. The first kappa shape index (κ1) is 12.6. The van der Waals surface area contributed by atoms with E-state index in [4.69, 9.17) is 11.6 Å². The summed E-state index contributed by atoms with van der Waals surface area (Å²) < 4.78 is 0. The average Bonchev–Trinajstić information content (AvgIpc) is 2.71. The molecule has 0 saturated carbocycles. The number of nitrogens with zero attached hydrogens (tertiary/aromatic N) is 1. The molecule has 0 fully saturated rings. The van der Waals surface area contributed by atoms with Crippen LogP contribution in [0.1, 0.15) is 36.8 Å². The van der Waals surface area contributed by atoms with Crippen LogP contribution in [0.3, 0.4) is 0 Å². The van der Waals surface area contributed by atoms with Crippen LogP contribution in [0.4, 0.5) is 0 Å². The van der Waals surface area contributed by atoms with E-state index in [-0.39, 0.29) is 0 Å². The molecule has 1 nitrogen and oxygen atoms in total. The molecule has 17 heavy (non-hydrogen) atoms. The van der Waals surface area contributed by atoms with Crippen molar-refractivity contribution in [2.75, 3.05) is 0 Å². The first-order valence-electron chi connectivity index (χ1n) is 5.85. The van der Waals surface area contributed by atoms with E-state index in [0.29, 0.717) is 5.92 Å². The predicted molar refractivity (Wildman–Crippen MR) is 76.0 cm³/mol. The SMILES string of the molecule is CCC(C)c1sc(-c2ccc(Cl)cc2)nc1C. The minimum absolute atomic E-state index is 0.591. The third-order valence-electron chi connectivity index (χ3n) is 2.98. The van der Waals surface area contributed by atoms with E-state index in [1.54, 1.807) is 11.3 Å². The predicted octanol–water partition coefficient (Wildman–Crippen LogP) is 5.29. The molecule has 0 radical (unpaired) electrons. The van der Waals surface area contributed by atoms with Gasteiger partial charge in [0.1, 0.15) is 5.01 Å². The van der Waals surface area contributed by atoms with E-state index in [2.05, 4.69) is 25.8 Å². The van der Waals surface area contributed by atoms with Crippen molar-refractivity contribution in [3.8, 4) is 10.6 Å². The fourth-order valence-electron chi connectivity index (χ4n) is 1.77. The Bertz CT molecular complexity index is 501. The topological polar surface area (TPSA) is 12.9 Å². The molecular formula is C14H16ClNS. The van der Waals surface area contributed by atoms with Gasteiger partial charge in [0.2, 0.25) is 0 Å². The van der Waals surface area contributed by atoms with E-state index >= 15 is 0 Å². The monoisotopic (exact) mass is 265 g/mol. The molecular weight excluding hydrogens is 250 g/mol. The molecule has 0 saturated heterocycles. The van der Waals surface area contributed by atoms with Gasteiger partial charge in [-0.15, -0.1) is 11.3 Å². The smallest absolute Gasteiger partial charge is 0.123 e. The first-order chi connectivity index (χ1) is 8.11. The number of aromatic nitrogens is 1. The Kier molecular flexibility index (Phi) is 3.85. The van der Waals surface area contributed by atoms with Gasteiger partial charge in [-0.1, -0.05) is 37.6 Å². The Morgan fingerprint density at radius 3 is 2.53 bits per heavy atom. The summed E-state index contributed by atoms with van der Waals surface area (Å²) in [6, 6.07) is 7.88.